The molecule has 0 unspecified atom stereocenters. The average molecular weight is 363 g/mol. The Morgan fingerprint density at radius 3 is 2.46 bits per heavy atom. The molecule has 134 valence electrons. The van der Waals surface area contributed by atoms with Gasteiger partial charge in [0.05, 0.1) is 10.6 Å². The minimum Gasteiger partial charge on any atom is -0.381 e. The van der Waals surface area contributed by atoms with E-state index < -0.39 is 11.7 Å². The van der Waals surface area contributed by atoms with Crippen LogP contribution in [-0.2, 0) is 10.9 Å². The highest BCUT2D eigenvalue weighted by molar-refractivity contribution is 6.31. The molecule has 2 aliphatic heterocycles. The van der Waals surface area contributed by atoms with Crippen molar-refractivity contribution in [2.45, 2.75) is 25.1 Å². The zero-order valence-electron chi connectivity index (χ0n) is 13.4. The summed E-state index contributed by atoms with van der Waals surface area (Å²) in [5.41, 5.74) is -0.0330. The average Bonchev–Trinajstić information content (AvgIpc) is 2.57. The minimum atomic E-state index is -4.43. The van der Waals surface area contributed by atoms with Crippen LogP contribution in [0.4, 0.5) is 13.2 Å². The van der Waals surface area contributed by atoms with E-state index in [-0.39, 0.29) is 11.1 Å². The first kappa shape index (κ1) is 18.0. The van der Waals surface area contributed by atoms with Crippen LogP contribution >= 0.6 is 11.6 Å². The molecule has 0 aliphatic carbocycles. The van der Waals surface area contributed by atoms with E-state index in [1.165, 1.54) is 12.1 Å². The number of alkyl halides is 3. The number of benzene rings is 1. The lowest BCUT2D eigenvalue weighted by atomic mass is 9.85. The maximum Gasteiger partial charge on any atom is 0.417 e. The molecular formula is C17H22ClF3N2O. The summed E-state index contributed by atoms with van der Waals surface area (Å²) in [6, 6.07) is 4.35. The van der Waals surface area contributed by atoms with E-state index in [0.717, 1.165) is 39.0 Å². The van der Waals surface area contributed by atoms with E-state index in [4.69, 9.17) is 16.3 Å². The summed E-state index contributed by atoms with van der Waals surface area (Å²) in [6.07, 6.45) is -2.69. The monoisotopic (exact) mass is 362 g/mol. The number of piperazine rings is 1. The molecule has 2 saturated heterocycles. The summed E-state index contributed by atoms with van der Waals surface area (Å²) >= 11 is 5.79. The highest BCUT2D eigenvalue weighted by Crippen LogP contribution is 2.40. The molecule has 7 heteroatoms. The van der Waals surface area contributed by atoms with Crippen LogP contribution < -0.4 is 5.32 Å². The Balaban J connectivity index is 1.95. The minimum absolute atomic E-state index is 0.0191. The van der Waals surface area contributed by atoms with Crippen LogP contribution in [0.1, 0.15) is 30.0 Å². The lowest BCUT2D eigenvalue weighted by Gasteiger charge is -2.41. The molecule has 2 fully saturated rings. The summed E-state index contributed by atoms with van der Waals surface area (Å²) in [4.78, 5) is 2.30. The second-order valence-corrected chi connectivity index (χ2v) is 6.82. The molecule has 2 heterocycles. The molecule has 1 aromatic rings. The maximum atomic E-state index is 13.2. The first-order chi connectivity index (χ1) is 11.5. The summed E-state index contributed by atoms with van der Waals surface area (Å²) in [6.45, 7) is 4.75. The van der Waals surface area contributed by atoms with Crippen molar-refractivity contribution in [2.24, 2.45) is 5.92 Å². The highest BCUT2D eigenvalue weighted by Gasteiger charge is 2.36. The van der Waals surface area contributed by atoms with Crippen molar-refractivity contribution in [1.29, 1.82) is 0 Å². The molecule has 3 rings (SSSR count). The number of hydrogen-bond donors (Lipinski definition) is 1. The molecule has 1 aromatic carbocycles. The van der Waals surface area contributed by atoms with Crippen molar-refractivity contribution in [3.63, 3.8) is 0 Å². The van der Waals surface area contributed by atoms with Gasteiger partial charge >= 0.3 is 6.18 Å². The normalized spacial score (nSPS) is 22.5. The van der Waals surface area contributed by atoms with Crippen LogP contribution in [0.5, 0.6) is 0 Å². The molecule has 0 bridgehead atoms. The summed E-state index contributed by atoms with van der Waals surface area (Å²) in [7, 11) is 0. The second kappa shape index (κ2) is 7.60. The Hall–Kier alpha value is -0.820. The summed E-state index contributed by atoms with van der Waals surface area (Å²) in [5, 5.41) is 3.06. The van der Waals surface area contributed by atoms with Gasteiger partial charge < -0.3 is 10.1 Å². The Kier molecular flexibility index (Phi) is 5.70. The van der Waals surface area contributed by atoms with Crippen molar-refractivity contribution >= 4 is 11.6 Å². The van der Waals surface area contributed by atoms with E-state index in [0.29, 0.717) is 24.7 Å². The molecule has 0 spiro atoms. The first-order valence-corrected chi connectivity index (χ1v) is 8.74. The van der Waals surface area contributed by atoms with Crippen LogP contribution in [0, 0.1) is 5.92 Å². The fourth-order valence-corrected chi connectivity index (χ4v) is 3.94. The zero-order valence-corrected chi connectivity index (χ0v) is 14.2. The fourth-order valence-electron chi connectivity index (χ4n) is 3.72. The number of nitrogens with zero attached hydrogens (tertiary/aromatic N) is 1. The van der Waals surface area contributed by atoms with Crippen molar-refractivity contribution in [1.82, 2.24) is 10.2 Å². The Morgan fingerprint density at radius 1 is 1.17 bits per heavy atom. The largest absolute Gasteiger partial charge is 0.417 e. The number of ether oxygens (including phenoxy) is 1. The van der Waals surface area contributed by atoms with Gasteiger partial charge in [0, 0.05) is 45.4 Å². The Morgan fingerprint density at radius 2 is 1.83 bits per heavy atom. The molecule has 3 nitrogen and oxygen atoms in total. The number of nitrogens with one attached hydrogen (secondary N) is 1. The zero-order chi connectivity index (χ0) is 17.2. The third-order valence-corrected chi connectivity index (χ3v) is 5.22. The van der Waals surface area contributed by atoms with Gasteiger partial charge in [-0.1, -0.05) is 17.7 Å². The lowest BCUT2D eigenvalue weighted by molar-refractivity contribution is -0.137. The van der Waals surface area contributed by atoms with Crippen molar-refractivity contribution < 1.29 is 17.9 Å². The van der Waals surface area contributed by atoms with Crippen molar-refractivity contribution in [3.05, 3.63) is 34.3 Å². The van der Waals surface area contributed by atoms with Gasteiger partial charge in [-0.2, -0.15) is 13.2 Å². The highest BCUT2D eigenvalue weighted by atomic mass is 35.5. The van der Waals surface area contributed by atoms with Gasteiger partial charge in [-0.15, -0.1) is 0 Å². The van der Waals surface area contributed by atoms with Gasteiger partial charge in [0.25, 0.3) is 0 Å². The first-order valence-electron chi connectivity index (χ1n) is 8.36. The maximum absolute atomic E-state index is 13.2. The van der Waals surface area contributed by atoms with Gasteiger partial charge in [-0.3, -0.25) is 4.90 Å². The molecule has 0 aromatic heterocycles. The molecule has 0 saturated carbocycles. The molecule has 24 heavy (non-hydrogen) atoms. The van der Waals surface area contributed by atoms with Crippen LogP contribution in [0.2, 0.25) is 5.02 Å². The molecule has 1 N–H and O–H groups in total. The smallest absolute Gasteiger partial charge is 0.381 e. The van der Waals surface area contributed by atoms with Gasteiger partial charge in [-0.05, 0) is 36.5 Å². The van der Waals surface area contributed by atoms with Gasteiger partial charge in [0.2, 0.25) is 0 Å². The number of halogens is 4. The lowest BCUT2D eigenvalue weighted by Crippen LogP contribution is -2.47. The van der Waals surface area contributed by atoms with Crippen LogP contribution in [0.25, 0.3) is 0 Å². The number of hydrogen-bond acceptors (Lipinski definition) is 3. The van der Waals surface area contributed by atoms with E-state index >= 15 is 0 Å². The third-order valence-electron chi connectivity index (χ3n) is 4.89. The molecule has 1 atom stereocenters. The van der Waals surface area contributed by atoms with Gasteiger partial charge in [-0.25, -0.2) is 0 Å². The standard InChI is InChI=1S/C17H22ClF3N2O/c18-15-2-1-13(11-14(15)17(19,20)21)16(12-3-9-24-10-4-12)23-7-5-22-6-8-23/h1-2,11-12,16,22H,3-10H2/t16-/m1/s1. The van der Waals surface area contributed by atoms with E-state index in [1.54, 1.807) is 6.07 Å². The van der Waals surface area contributed by atoms with Crippen molar-refractivity contribution in [3.8, 4) is 0 Å². The molecule has 2 aliphatic rings. The Labute approximate surface area is 145 Å². The van der Waals surface area contributed by atoms with Crippen LogP contribution in [-0.4, -0.2) is 44.3 Å². The van der Waals surface area contributed by atoms with Gasteiger partial charge in [0.1, 0.15) is 0 Å². The topological polar surface area (TPSA) is 24.5 Å². The number of rotatable bonds is 3. The molecular weight excluding hydrogens is 341 g/mol. The van der Waals surface area contributed by atoms with E-state index in [2.05, 4.69) is 10.2 Å². The predicted octanol–water partition coefficient (Wildman–Crippen LogP) is 3.73. The summed E-state index contributed by atoms with van der Waals surface area (Å²) in [5.74, 6) is 0.305. The van der Waals surface area contributed by atoms with E-state index in [1.807, 2.05) is 0 Å². The summed E-state index contributed by atoms with van der Waals surface area (Å²) < 4.78 is 45.2. The third kappa shape index (κ3) is 4.04. The quantitative estimate of drug-likeness (QED) is 0.886. The van der Waals surface area contributed by atoms with Gasteiger partial charge in [0.15, 0.2) is 0 Å². The van der Waals surface area contributed by atoms with Crippen LogP contribution in [0.15, 0.2) is 18.2 Å². The van der Waals surface area contributed by atoms with Crippen molar-refractivity contribution in [2.75, 3.05) is 39.4 Å². The second-order valence-electron chi connectivity index (χ2n) is 6.42. The Bertz CT molecular complexity index is 537. The molecule has 0 radical (unpaired) electrons. The van der Waals surface area contributed by atoms with E-state index in [9.17, 15) is 13.2 Å². The molecule has 0 amide bonds. The SMILES string of the molecule is FC(F)(F)c1cc([C@@H](C2CCOCC2)N2CCNCC2)ccc1Cl. The predicted molar refractivity (Wildman–Crippen MR) is 87.2 cm³/mol. The van der Waals surface area contributed by atoms with Crippen LogP contribution in [0.3, 0.4) is 0 Å². The fraction of sp³-hybridized carbons (Fsp3) is 0.647.